The molecular weight excluding hydrogens is 196 g/mol. The zero-order chi connectivity index (χ0) is 12.2. The fraction of sp³-hybridized carbons (Fsp3) is 0.867. The van der Waals surface area contributed by atoms with Gasteiger partial charge in [-0.15, -0.1) is 11.8 Å². The Kier molecular flexibility index (Phi) is 4.87. The van der Waals surface area contributed by atoms with E-state index in [1.807, 2.05) is 6.92 Å². The van der Waals surface area contributed by atoms with Gasteiger partial charge in [-0.25, -0.2) is 0 Å². The molecule has 1 unspecified atom stereocenters. The van der Waals surface area contributed by atoms with E-state index in [-0.39, 0.29) is 6.10 Å². The quantitative estimate of drug-likeness (QED) is 0.708. The Morgan fingerprint density at radius 2 is 1.75 bits per heavy atom. The van der Waals surface area contributed by atoms with Crippen molar-refractivity contribution in [3.8, 4) is 11.8 Å². The SMILES string of the molecule is CC#CCC(O)C1CCC(C(C)(C)C)CC1. The van der Waals surface area contributed by atoms with Gasteiger partial charge in [0, 0.05) is 6.42 Å². The lowest BCUT2D eigenvalue weighted by molar-refractivity contribution is 0.0565. The zero-order valence-electron chi connectivity index (χ0n) is 11.2. The average Bonchev–Trinajstić information content (AvgIpc) is 2.25. The van der Waals surface area contributed by atoms with Crippen LogP contribution in [0, 0.1) is 29.1 Å². The van der Waals surface area contributed by atoms with Gasteiger partial charge in [0.1, 0.15) is 0 Å². The summed E-state index contributed by atoms with van der Waals surface area (Å²) in [5.41, 5.74) is 0.430. The average molecular weight is 222 g/mol. The summed E-state index contributed by atoms with van der Waals surface area (Å²) in [6.45, 7) is 8.83. The van der Waals surface area contributed by atoms with Crippen molar-refractivity contribution in [2.45, 2.75) is 65.9 Å². The van der Waals surface area contributed by atoms with E-state index in [9.17, 15) is 5.11 Å². The molecule has 0 bridgehead atoms. The lowest BCUT2D eigenvalue weighted by Gasteiger charge is -2.38. The predicted molar refractivity (Wildman–Crippen MR) is 69.0 cm³/mol. The van der Waals surface area contributed by atoms with Crippen molar-refractivity contribution in [2.75, 3.05) is 0 Å². The number of aliphatic hydroxyl groups excluding tert-OH is 1. The number of hydrogen-bond acceptors (Lipinski definition) is 1. The number of hydrogen-bond donors (Lipinski definition) is 1. The second-order valence-corrected chi connectivity index (χ2v) is 6.18. The van der Waals surface area contributed by atoms with Gasteiger partial charge in [-0.2, -0.15) is 0 Å². The smallest absolute Gasteiger partial charge is 0.0677 e. The Morgan fingerprint density at radius 3 is 2.19 bits per heavy atom. The van der Waals surface area contributed by atoms with Crippen LogP contribution in [0.4, 0.5) is 0 Å². The van der Waals surface area contributed by atoms with Crippen LogP contribution >= 0.6 is 0 Å². The van der Waals surface area contributed by atoms with E-state index in [0.717, 1.165) is 5.92 Å². The standard InChI is InChI=1S/C15H26O/c1-5-6-7-14(16)12-8-10-13(11-9-12)15(2,3)4/h12-14,16H,7-11H2,1-4H3. The van der Waals surface area contributed by atoms with Crippen molar-refractivity contribution < 1.29 is 5.11 Å². The maximum Gasteiger partial charge on any atom is 0.0677 e. The van der Waals surface area contributed by atoms with E-state index in [0.29, 0.717) is 17.8 Å². The van der Waals surface area contributed by atoms with Crippen LogP contribution < -0.4 is 0 Å². The third kappa shape index (κ3) is 3.83. The molecule has 0 aromatic heterocycles. The molecule has 92 valence electrons. The molecule has 0 saturated heterocycles. The number of rotatable bonds is 2. The van der Waals surface area contributed by atoms with Crippen LogP contribution in [-0.4, -0.2) is 11.2 Å². The summed E-state index contributed by atoms with van der Waals surface area (Å²) in [4.78, 5) is 0. The largest absolute Gasteiger partial charge is 0.392 e. The lowest BCUT2D eigenvalue weighted by Crippen LogP contribution is -2.30. The molecule has 0 heterocycles. The summed E-state index contributed by atoms with van der Waals surface area (Å²) >= 11 is 0. The second-order valence-electron chi connectivity index (χ2n) is 6.18. The molecule has 1 atom stereocenters. The summed E-state index contributed by atoms with van der Waals surface area (Å²) in [6, 6.07) is 0. The van der Waals surface area contributed by atoms with Crippen molar-refractivity contribution in [1.29, 1.82) is 0 Å². The first kappa shape index (κ1) is 13.6. The van der Waals surface area contributed by atoms with Gasteiger partial charge >= 0.3 is 0 Å². The summed E-state index contributed by atoms with van der Waals surface area (Å²) in [7, 11) is 0. The summed E-state index contributed by atoms with van der Waals surface area (Å²) in [5, 5.41) is 9.99. The van der Waals surface area contributed by atoms with Crippen LogP contribution in [0.2, 0.25) is 0 Å². The van der Waals surface area contributed by atoms with E-state index in [1.54, 1.807) is 0 Å². The molecule has 1 aliphatic carbocycles. The van der Waals surface area contributed by atoms with Crippen molar-refractivity contribution >= 4 is 0 Å². The molecule has 0 aliphatic heterocycles. The summed E-state index contributed by atoms with van der Waals surface area (Å²) in [5.74, 6) is 7.16. The van der Waals surface area contributed by atoms with Gasteiger partial charge in [0.2, 0.25) is 0 Å². The van der Waals surface area contributed by atoms with Crippen molar-refractivity contribution in [3.05, 3.63) is 0 Å². The monoisotopic (exact) mass is 222 g/mol. The van der Waals surface area contributed by atoms with E-state index in [4.69, 9.17) is 0 Å². The van der Waals surface area contributed by atoms with Crippen molar-refractivity contribution in [1.82, 2.24) is 0 Å². The Labute approximate surface area is 101 Å². The summed E-state index contributed by atoms with van der Waals surface area (Å²) in [6.07, 6.45) is 5.34. The van der Waals surface area contributed by atoms with Crippen LogP contribution in [0.5, 0.6) is 0 Å². The fourth-order valence-corrected chi connectivity index (χ4v) is 2.74. The van der Waals surface area contributed by atoms with Gasteiger partial charge in [-0.1, -0.05) is 20.8 Å². The molecule has 0 radical (unpaired) electrons. The molecule has 16 heavy (non-hydrogen) atoms. The molecular formula is C15H26O. The molecule has 1 heteroatoms. The normalized spacial score (nSPS) is 28.1. The molecule has 1 nitrogen and oxygen atoms in total. The molecule has 1 fully saturated rings. The maximum absolute atomic E-state index is 9.99. The highest BCUT2D eigenvalue weighted by Crippen LogP contribution is 2.40. The molecule has 0 aromatic rings. The second kappa shape index (κ2) is 5.73. The lowest BCUT2D eigenvalue weighted by atomic mass is 9.69. The molecule has 0 aromatic carbocycles. The fourth-order valence-electron chi connectivity index (χ4n) is 2.74. The summed E-state index contributed by atoms with van der Waals surface area (Å²) < 4.78 is 0. The molecule has 1 saturated carbocycles. The van der Waals surface area contributed by atoms with Crippen LogP contribution in [-0.2, 0) is 0 Å². The highest BCUT2D eigenvalue weighted by atomic mass is 16.3. The first-order chi connectivity index (χ1) is 7.45. The van der Waals surface area contributed by atoms with Crippen LogP contribution in [0.25, 0.3) is 0 Å². The Morgan fingerprint density at radius 1 is 1.19 bits per heavy atom. The van der Waals surface area contributed by atoms with Gasteiger partial charge in [-0.05, 0) is 49.9 Å². The zero-order valence-corrected chi connectivity index (χ0v) is 11.2. The van der Waals surface area contributed by atoms with E-state index < -0.39 is 0 Å². The Balaban J connectivity index is 2.39. The van der Waals surface area contributed by atoms with Crippen LogP contribution in [0.15, 0.2) is 0 Å². The topological polar surface area (TPSA) is 20.2 Å². The van der Waals surface area contributed by atoms with E-state index in [2.05, 4.69) is 32.6 Å². The minimum absolute atomic E-state index is 0.201. The Hall–Kier alpha value is -0.480. The highest BCUT2D eigenvalue weighted by molar-refractivity contribution is 4.98. The van der Waals surface area contributed by atoms with Gasteiger partial charge in [-0.3, -0.25) is 0 Å². The van der Waals surface area contributed by atoms with Crippen molar-refractivity contribution in [3.63, 3.8) is 0 Å². The third-order valence-electron chi connectivity index (χ3n) is 4.03. The molecule has 0 amide bonds. The van der Waals surface area contributed by atoms with Crippen LogP contribution in [0.3, 0.4) is 0 Å². The molecule has 1 N–H and O–H groups in total. The van der Waals surface area contributed by atoms with Gasteiger partial charge in [0.15, 0.2) is 0 Å². The van der Waals surface area contributed by atoms with Gasteiger partial charge < -0.3 is 5.11 Å². The Bertz CT molecular complexity index is 255. The molecule has 1 aliphatic rings. The first-order valence-corrected chi connectivity index (χ1v) is 6.53. The maximum atomic E-state index is 9.99. The van der Waals surface area contributed by atoms with Crippen molar-refractivity contribution in [2.24, 2.45) is 17.3 Å². The van der Waals surface area contributed by atoms with E-state index in [1.165, 1.54) is 25.7 Å². The minimum Gasteiger partial charge on any atom is -0.392 e. The predicted octanol–water partition coefficient (Wildman–Crippen LogP) is 3.61. The van der Waals surface area contributed by atoms with E-state index >= 15 is 0 Å². The minimum atomic E-state index is -0.201. The first-order valence-electron chi connectivity index (χ1n) is 6.53. The number of aliphatic hydroxyl groups is 1. The van der Waals surface area contributed by atoms with Gasteiger partial charge in [0.05, 0.1) is 6.10 Å². The third-order valence-corrected chi connectivity index (χ3v) is 4.03. The molecule has 0 spiro atoms. The van der Waals surface area contributed by atoms with Crippen LogP contribution in [0.1, 0.15) is 59.8 Å². The molecule has 1 rings (SSSR count). The van der Waals surface area contributed by atoms with Gasteiger partial charge in [0.25, 0.3) is 0 Å². The highest BCUT2D eigenvalue weighted by Gasteiger charge is 2.31.